The molecular weight excluding hydrogens is 496 g/mol. The molecular formula is C19H22BrF6N3O2. The molecule has 12 heteroatoms. The molecule has 0 bridgehead atoms. The van der Waals surface area contributed by atoms with Gasteiger partial charge in [0.05, 0.1) is 0 Å². The van der Waals surface area contributed by atoms with Crippen molar-refractivity contribution in [1.29, 1.82) is 0 Å². The van der Waals surface area contributed by atoms with Crippen LogP contribution in [0.5, 0.6) is 0 Å². The number of alkyl halides is 6. The first-order valence-corrected chi connectivity index (χ1v) is 10.6. The number of hydrogen-bond acceptors (Lipinski definition) is 5. The maximum Gasteiger partial charge on any atom is 0.434 e. The molecule has 1 atom stereocenters. The van der Waals surface area contributed by atoms with E-state index in [0.29, 0.717) is 6.54 Å². The van der Waals surface area contributed by atoms with Gasteiger partial charge in [-0.1, -0.05) is 22.0 Å². The fraction of sp³-hybridized carbons (Fsp3) is 0.632. The first-order valence-electron chi connectivity index (χ1n) is 9.79. The number of benzene rings is 1. The fourth-order valence-corrected chi connectivity index (χ4v) is 4.17. The minimum atomic E-state index is -5.74. The molecule has 0 aliphatic carbocycles. The maximum atomic E-state index is 12.8. The van der Waals surface area contributed by atoms with Gasteiger partial charge in [0.2, 0.25) is 0 Å². The number of halogens is 7. The van der Waals surface area contributed by atoms with Crippen LogP contribution in [-0.4, -0.2) is 68.1 Å². The smallest absolute Gasteiger partial charge is 0.434 e. The highest BCUT2D eigenvalue weighted by Gasteiger charge is 2.60. The molecule has 0 aromatic heterocycles. The van der Waals surface area contributed by atoms with E-state index in [1.165, 1.54) is 0 Å². The van der Waals surface area contributed by atoms with Gasteiger partial charge < -0.3 is 15.0 Å². The quantitative estimate of drug-likeness (QED) is 0.474. The van der Waals surface area contributed by atoms with Gasteiger partial charge in [0.1, 0.15) is 6.04 Å². The minimum Gasteiger partial charge on any atom is -0.442 e. The Kier molecular flexibility index (Phi) is 7.42. The predicted octanol–water partition coefficient (Wildman–Crippen LogP) is 3.86. The third kappa shape index (κ3) is 6.04. The lowest BCUT2D eigenvalue weighted by Gasteiger charge is -2.36. The summed E-state index contributed by atoms with van der Waals surface area (Å²) < 4.78 is 81.7. The molecule has 31 heavy (non-hydrogen) atoms. The molecule has 2 fully saturated rings. The van der Waals surface area contributed by atoms with Gasteiger partial charge in [0.15, 0.2) is 0 Å². The van der Waals surface area contributed by atoms with Crippen molar-refractivity contribution in [2.24, 2.45) is 0 Å². The van der Waals surface area contributed by atoms with Crippen LogP contribution in [0.1, 0.15) is 18.4 Å². The van der Waals surface area contributed by atoms with Gasteiger partial charge in [0, 0.05) is 49.4 Å². The van der Waals surface area contributed by atoms with Crippen molar-refractivity contribution >= 4 is 27.6 Å². The molecule has 2 saturated heterocycles. The number of carbonyl (C=O) groups is 1. The van der Waals surface area contributed by atoms with E-state index in [9.17, 15) is 31.1 Å². The monoisotopic (exact) mass is 517 g/mol. The number of anilines is 1. The highest BCUT2D eigenvalue weighted by atomic mass is 79.9. The van der Waals surface area contributed by atoms with E-state index < -0.39 is 30.5 Å². The van der Waals surface area contributed by atoms with Gasteiger partial charge in [-0.05, 0) is 30.5 Å². The highest BCUT2D eigenvalue weighted by Crippen LogP contribution is 2.36. The van der Waals surface area contributed by atoms with E-state index in [0.717, 1.165) is 41.7 Å². The molecule has 3 rings (SSSR count). The Balaban J connectivity index is 1.79. The van der Waals surface area contributed by atoms with Crippen LogP contribution < -0.4 is 10.2 Å². The number of esters is 1. The van der Waals surface area contributed by atoms with Crippen LogP contribution in [0.2, 0.25) is 0 Å². The summed E-state index contributed by atoms with van der Waals surface area (Å²) in [6.07, 6.45) is -13.6. The Labute approximate surface area is 183 Å². The van der Waals surface area contributed by atoms with E-state index in [1.807, 2.05) is 18.2 Å². The molecule has 2 heterocycles. The summed E-state index contributed by atoms with van der Waals surface area (Å²) in [6, 6.07) is 4.32. The van der Waals surface area contributed by atoms with Crippen molar-refractivity contribution in [3.63, 3.8) is 0 Å². The molecule has 0 amide bonds. The van der Waals surface area contributed by atoms with Gasteiger partial charge in [0.25, 0.3) is 6.10 Å². The lowest BCUT2D eigenvalue weighted by molar-refractivity contribution is -0.314. The van der Waals surface area contributed by atoms with Crippen LogP contribution in [0.3, 0.4) is 0 Å². The lowest BCUT2D eigenvalue weighted by atomic mass is 10.1. The molecule has 2 aliphatic rings. The van der Waals surface area contributed by atoms with Gasteiger partial charge in [-0.25, -0.2) is 0 Å². The van der Waals surface area contributed by atoms with E-state index in [1.54, 1.807) is 4.90 Å². The molecule has 1 aromatic carbocycles. The van der Waals surface area contributed by atoms with Crippen molar-refractivity contribution in [3.05, 3.63) is 28.2 Å². The van der Waals surface area contributed by atoms with Gasteiger partial charge in [-0.2, -0.15) is 26.3 Å². The Morgan fingerprint density at radius 1 is 1.13 bits per heavy atom. The average molecular weight is 518 g/mol. The summed E-state index contributed by atoms with van der Waals surface area (Å²) >= 11 is 3.43. The van der Waals surface area contributed by atoms with Crippen LogP contribution in [0.25, 0.3) is 0 Å². The molecule has 2 aliphatic heterocycles. The van der Waals surface area contributed by atoms with E-state index in [4.69, 9.17) is 0 Å². The summed E-state index contributed by atoms with van der Waals surface area (Å²) in [5.41, 5.74) is 1.77. The zero-order chi connectivity index (χ0) is 22.8. The number of rotatable bonds is 5. The second kappa shape index (κ2) is 9.53. The number of carbonyl (C=O) groups excluding carboxylic acids is 1. The summed E-state index contributed by atoms with van der Waals surface area (Å²) in [6.45, 7) is 2.53. The second-order valence-electron chi connectivity index (χ2n) is 7.56. The van der Waals surface area contributed by atoms with Crippen molar-refractivity contribution in [2.75, 3.05) is 37.6 Å². The summed E-state index contributed by atoms with van der Waals surface area (Å²) in [5, 5.41) is 2.84. The second-order valence-corrected chi connectivity index (χ2v) is 8.47. The third-order valence-electron chi connectivity index (χ3n) is 5.32. The third-order valence-corrected chi connectivity index (χ3v) is 5.82. The number of ether oxygens (including phenoxy) is 1. The number of piperazine rings is 1. The SMILES string of the molecule is O=C(OC(C(F)(F)F)C(F)(F)F)C1CNCCN1Cc1ccc(Br)cc1N1CCCC1. The van der Waals surface area contributed by atoms with Crippen LogP contribution >= 0.6 is 15.9 Å². The largest absolute Gasteiger partial charge is 0.442 e. The molecule has 5 nitrogen and oxygen atoms in total. The molecule has 1 unspecified atom stereocenters. The van der Waals surface area contributed by atoms with Crippen molar-refractivity contribution in [1.82, 2.24) is 10.2 Å². The van der Waals surface area contributed by atoms with Gasteiger partial charge in [-0.15, -0.1) is 0 Å². The average Bonchev–Trinajstić information content (AvgIpc) is 3.20. The van der Waals surface area contributed by atoms with E-state index in [-0.39, 0.29) is 19.6 Å². The van der Waals surface area contributed by atoms with Crippen LogP contribution in [0, 0.1) is 0 Å². The molecule has 1 N–H and O–H groups in total. The van der Waals surface area contributed by atoms with Crippen LogP contribution in [0.15, 0.2) is 22.7 Å². The normalized spacial score (nSPS) is 21.0. The zero-order valence-corrected chi connectivity index (χ0v) is 18.0. The van der Waals surface area contributed by atoms with Gasteiger partial charge >= 0.3 is 18.3 Å². The Morgan fingerprint density at radius 3 is 2.39 bits per heavy atom. The van der Waals surface area contributed by atoms with Crippen molar-refractivity contribution in [2.45, 2.75) is 43.9 Å². The first kappa shape index (κ1) is 24.1. The van der Waals surface area contributed by atoms with Crippen molar-refractivity contribution in [3.8, 4) is 0 Å². The van der Waals surface area contributed by atoms with Crippen molar-refractivity contribution < 1.29 is 35.9 Å². The molecule has 0 saturated carbocycles. The Bertz CT molecular complexity index is 769. The van der Waals surface area contributed by atoms with Crippen LogP contribution in [0.4, 0.5) is 32.0 Å². The van der Waals surface area contributed by atoms with E-state index in [2.05, 4.69) is 30.9 Å². The molecule has 0 radical (unpaired) electrons. The number of hydrogen-bond donors (Lipinski definition) is 1. The summed E-state index contributed by atoms with van der Waals surface area (Å²) in [5.74, 6) is -1.55. The van der Waals surface area contributed by atoms with E-state index >= 15 is 0 Å². The van der Waals surface area contributed by atoms with Crippen LogP contribution in [-0.2, 0) is 16.1 Å². The summed E-state index contributed by atoms with van der Waals surface area (Å²) in [7, 11) is 0. The zero-order valence-electron chi connectivity index (χ0n) is 16.4. The first-order chi connectivity index (χ1) is 14.5. The summed E-state index contributed by atoms with van der Waals surface area (Å²) in [4.78, 5) is 16.1. The predicted molar refractivity (Wildman–Crippen MR) is 105 cm³/mol. The maximum absolute atomic E-state index is 12.8. The molecule has 0 spiro atoms. The van der Waals surface area contributed by atoms with Gasteiger partial charge in [-0.3, -0.25) is 9.69 Å². The standard InChI is InChI=1S/C19H22BrF6N3O2/c20-13-4-3-12(14(9-13)28-6-1-2-7-28)11-29-8-5-27-10-15(29)16(30)31-17(18(21,22)23)19(24,25)26/h3-4,9,15,17,27H,1-2,5-8,10-11H2. The molecule has 1 aromatic rings. The lowest BCUT2D eigenvalue weighted by Crippen LogP contribution is -2.57. The minimum absolute atomic E-state index is 0.100. The molecule has 174 valence electrons. The Morgan fingerprint density at radius 2 is 1.77 bits per heavy atom. The topological polar surface area (TPSA) is 44.8 Å². The highest BCUT2D eigenvalue weighted by molar-refractivity contribution is 9.10. The number of nitrogens with one attached hydrogen (secondary N) is 1. The Hall–Kier alpha value is -1.53. The number of nitrogens with zero attached hydrogens (tertiary/aromatic N) is 2. The fourth-order valence-electron chi connectivity index (χ4n) is 3.82.